The second-order valence-electron chi connectivity index (χ2n) is 5.33. The summed E-state index contributed by atoms with van der Waals surface area (Å²) in [5, 5.41) is 5.64. The van der Waals surface area contributed by atoms with Crippen LogP contribution < -0.4 is 10.6 Å². The molecule has 1 aromatic rings. The highest BCUT2D eigenvalue weighted by molar-refractivity contribution is 5.89. The fraction of sp³-hybridized carbons (Fsp3) is 0.562. The van der Waals surface area contributed by atoms with Gasteiger partial charge in [-0.3, -0.25) is 4.90 Å². The second kappa shape index (κ2) is 8.00. The lowest BCUT2D eigenvalue weighted by atomic mass is 10.1. The predicted molar refractivity (Wildman–Crippen MR) is 84.6 cm³/mol. The largest absolute Gasteiger partial charge is 0.379 e. The van der Waals surface area contributed by atoms with Gasteiger partial charge in [0.05, 0.1) is 13.2 Å². The minimum absolute atomic E-state index is 0.147. The van der Waals surface area contributed by atoms with E-state index in [-0.39, 0.29) is 6.03 Å². The van der Waals surface area contributed by atoms with Crippen LogP contribution >= 0.6 is 0 Å². The van der Waals surface area contributed by atoms with Crippen LogP contribution in [0.5, 0.6) is 0 Å². The molecule has 2 amide bonds. The van der Waals surface area contributed by atoms with Gasteiger partial charge in [-0.1, -0.05) is 19.1 Å². The molecular weight excluding hydrogens is 266 g/mol. The number of carbonyl (C=O) groups is 1. The molecule has 0 spiro atoms. The molecule has 1 aliphatic heterocycles. The second-order valence-corrected chi connectivity index (χ2v) is 5.33. The van der Waals surface area contributed by atoms with Crippen molar-refractivity contribution in [2.45, 2.75) is 26.3 Å². The van der Waals surface area contributed by atoms with Crippen LogP contribution in [0.1, 0.15) is 31.9 Å². The maximum Gasteiger partial charge on any atom is 0.319 e. The van der Waals surface area contributed by atoms with Gasteiger partial charge < -0.3 is 15.4 Å². The van der Waals surface area contributed by atoms with E-state index in [9.17, 15) is 4.79 Å². The van der Waals surface area contributed by atoms with E-state index in [0.29, 0.717) is 12.6 Å². The minimum Gasteiger partial charge on any atom is -0.379 e. The van der Waals surface area contributed by atoms with Crippen LogP contribution in [0.4, 0.5) is 10.5 Å². The number of benzene rings is 1. The first-order valence-corrected chi connectivity index (χ1v) is 7.67. The molecule has 21 heavy (non-hydrogen) atoms. The van der Waals surface area contributed by atoms with Crippen LogP contribution in [0.25, 0.3) is 0 Å². The zero-order valence-corrected chi connectivity index (χ0v) is 12.9. The van der Waals surface area contributed by atoms with E-state index in [1.165, 1.54) is 5.56 Å². The van der Waals surface area contributed by atoms with Crippen LogP contribution in [-0.2, 0) is 4.74 Å². The zero-order chi connectivity index (χ0) is 15.1. The quantitative estimate of drug-likeness (QED) is 0.877. The van der Waals surface area contributed by atoms with E-state index in [2.05, 4.69) is 34.6 Å². The van der Waals surface area contributed by atoms with Gasteiger partial charge in [0.15, 0.2) is 0 Å². The van der Waals surface area contributed by atoms with E-state index < -0.39 is 0 Å². The lowest BCUT2D eigenvalue weighted by Crippen LogP contribution is -2.38. The normalized spacial score (nSPS) is 17.2. The molecule has 2 rings (SSSR count). The van der Waals surface area contributed by atoms with Gasteiger partial charge in [-0.05, 0) is 31.0 Å². The monoisotopic (exact) mass is 291 g/mol. The number of hydrogen-bond acceptors (Lipinski definition) is 3. The van der Waals surface area contributed by atoms with E-state index >= 15 is 0 Å². The molecule has 1 saturated heterocycles. The van der Waals surface area contributed by atoms with Crippen molar-refractivity contribution in [3.8, 4) is 0 Å². The third-order valence-electron chi connectivity index (χ3n) is 3.78. The summed E-state index contributed by atoms with van der Waals surface area (Å²) in [7, 11) is 0. The molecule has 2 N–H and O–H groups in total. The zero-order valence-electron chi connectivity index (χ0n) is 12.9. The number of rotatable bonds is 5. The van der Waals surface area contributed by atoms with Crippen LogP contribution in [0, 0.1) is 0 Å². The van der Waals surface area contributed by atoms with Crippen molar-refractivity contribution in [3.05, 3.63) is 29.8 Å². The topological polar surface area (TPSA) is 53.6 Å². The smallest absolute Gasteiger partial charge is 0.319 e. The van der Waals surface area contributed by atoms with Crippen LogP contribution in [0.3, 0.4) is 0 Å². The summed E-state index contributed by atoms with van der Waals surface area (Å²) in [6.07, 6.45) is 0.934. The van der Waals surface area contributed by atoms with E-state index in [4.69, 9.17) is 4.74 Å². The van der Waals surface area contributed by atoms with Gasteiger partial charge in [-0.25, -0.2) is 4.79 Å². The molecule has 1 aliphatic rings. The van der Waals surface area contributed by atoms with Crippen molar-refractivity contribution >= 4 is 11.7 Å². The average Bonchev–Trinajstić information content (AvgIpc) is 2.54. The third kappa shape index (κ3) is 4.72. The molecule has 0 aliphatic carbocycles. The number of anilines is 1. The fourth-order valence-electron chi connectivity index (χ4n) is 2.43. The molecule has 5 heteroatoms. The summed E-state index contributed by atoms with van der Waals surface area (Å²) in [6.45, 7) is 8.49. The SMILES string of the molecule is CCCNC(=O)Nc1ccc(C(C)N2CCOCC2)cc1. The number of urea groups is 1. The first kappa shape index (κ1) is 15.8. The number of morpholine rings is 1. The molecule has 1 aromatic carbocycles. The molecule has 116 valence electrons. The Morgan fingerprint density at radius 2 is 1.95 bits per heavy atom. The van der Waals surface area contributed by atoms with E-state index in [0.717, 1.165) is 38.4 Å². The van der Waals surface area contributed by atoms with Crippen molar-refractivity contribution in [1.82, 2.24) is 10.2 Å². The molecule has 1 unspecified atom stereocenters. The lowest BCUT2D eigenvalue weighted by Gasteiger charge is -2.32. The molecular formula is C16H25N3O2. The van der Waals surface area contributed by atoms with Gasteiger partial charge in [0.25, 0.3) is 0 Å². The van der Waals surface area contributed by atoms with Gasteiger partial charge in [0.1, 0.15) is 0 Å². The third-order valence-corrected chi connectivity index (χ3v) is 3.78. The molecule has 1 atom stereocenters. The van der Waals surface area contributed by atoms with Crippen molar-refractivity contribution < 1.29 is 9.53 Å². The van der Waals surface area contributed by atoms with Gasteiger partial charge in [-0.2, -0.15) is 0 Å². The number of carbonyl (C=O) groups excluding carboxylic acids is 1. The standard InChI is InChI=1S/C16H25N3O2/c1-3-8-17-16(20)18-15-6-4-14(5-7-15)13(2)19-9-11-21-12-10-19/h4-7,13H,3,8-12H2,1-2H3,(H2,17,18,20). The maximum atomic E-state index is 11.6. The van der Waals surface area contributed by atoms with Crippen molar-refractivity contribution in [1.29, 1.82) is 0 Å². The van der Waals surface area contributed by atoms with Gasteiger partial charge in [0.2, 0.25) is 0 Å². The van der Waals surface area contributed by atoms with Gasteiger partial charge >= 0.3 is 6.03 Å². The number of hydrogen-bond donors (Lipinski definition) is 2. The van der Waals surface area contributed by atoms with Gasteiger partial charge in [-0.15, -0.1) is 0 Å². The summed E-state index contributed by atoms with van der Waals surface area (Å²) in [5.74, 6) is 0. The Hall–Kier alpha value is -1.59. The van der Waals surface area contributed by atoms with Gasteiger partial charge in [0, 0.05) is 31.4 Å². The summed E-state index contributed by atoms with van der Waals surface area (Å²) in [4.78, 5) is 14.0. The Labute approximate surface area is 126 Å². The molecule has 0 radical (unpaired) electrons. The van der Waals surface area contributed by atoms with Crippen LogP contribution in [-0.4, -0.2) is 43.8 Å². The van der Waals surface area contributed by atoms with Crippen LogP contribution in [0.15, 0.2) is 24.3 Å². The molecule has 0 bridgehead atoms. The highest BCUT2D eigenvalue weighted by Gasteiger charge is 2.18. The van der Waals surface area contributed by atoms with Crippen molar-refractivity contribution in [2.24, 2.45) is 0 Å². The summed E-state index contributed by atoms with van der Waals surface area (Å²) < 4.78 is 5.38. The molecule has 1 fully saturated rings. The van der Waals surface area contributed by atoms with E-state index in [1.807, 2.05) is 19.1 Å². The predicted octanol–water partition coefficient (Wildman–Crippen LogP) is 2.61. The Balaban J connectivity index is 1.90. The minimum atomic E-state index is -0.147. The number of amides is 2. The first-order valence-electron chi connectivity index (χ1n) is 7.67. The number of nitrogens with one attached hydrogen (secondary N) is 2. The molecule has 0 saturated carbocycles. The van der Waals surface area contributed by atoms with E-state index in [1.54, 1.807) is 0 Å². The summed E-state index contributed by atoms with van der Waals surface area (Å²) >= 11 is 0. The van der Waals surface area contributed by atoms with Crippen molar-refractivity contribution in [3.63, 3.8) is 0 Å². The lowest BCUT2D eigenvalue weighted by molar-refractivity contribution is 0.0198. The Bertz CT molecular complexity index is 441. The number of ether oxygens (including phenoxy) is 1. The van der Waals surface area contributed by atoms with Crippen LogP contribution in [0.2, 0.25) is 0 Å². The molecule has 5 nitrogen and oxygen atoms in total. The maximum absolute atomic E-state index is 11.6. The molecule has 1 heterocycles. The highest BCUT2D eigenvalue weighted by Crippen LogP contribution is 2.22. The Kier molecular flexibility index (Phi) is 6.02. The summed E-state index contributed by atoms with van der Waals surface area (Å²) in [5.41, 5.74) is 2.08. The molecule has 0 aromatic heterocycles. The average molecular weight is 291 g/mol. The first-order chi connectivity index (χ1) is 10.2. The van der Waals surface area contributed by atoms with Crippen molar-refractivity contribution in [2.75, 3.05) is 38.2 Å². The highest BCUT2D eigenvalue weighted by atomic mass is 16.5. The summed E-state index contributed by atoms with van der Waals surface area (Å²) in [6, 6.07) is 8.29. The fourth-order valence-corrected chi connectivity index (χ4v) is 2.43. The Morgan fingerprint density at radius 3 is 2.57 bits per heavy atom. The Morgan fingerprint density at radius 1 is 1.29 bits per heavy atom. The number of nitrogens with zero attached hydrogens (tertiary/aromatic N) is 1.